The van der Waals surface area contributed by atoms with Crippen LogP contribution in [0.5, 0.6) is 0 Å². The van der Waals surface area contributed by atoms with Crippen LogP contribution in [0.2, 0.25) is 0 Å². The van der Waals surface area contributed by atoms with Gasteiger partial charge in [-0.2, -0.15) is 0 Å². The molecule has 3 amide bonds. The number of carbonyl (C=O) groups excluding carboxylic acids is 3. The van der Waals surface area contributed by atoms with Gasteiger partial charge in [0.05, 0.1) is 0 Å². The molecule has 0 spiro atoms. The van der Waals surface area contributed by atoms with Crippen LogP contribution >= 0.6 is 0 Å². The summed E-state index contributed by atoms with van der Waals surface area (Å²) in [7, 11) is 0. The highest BCUT2D eigenvalue weighted by molar-refractivity contribution is 6.05. The summed E-state index contributed by atoms with van der Waals surface area (Å²) in [5.41, 5.74) is 8.29. The fraction of sp³-hybridized carbons (Fsp3) is 0.500. The predicted molar refractivity (Wildman–Crippen MR) is 92.5 cm³/mol. The Hall–Kier alpha value is -2.25. The molecular weight excluding hydrogens is 320 g/mol. The number of fused-ring (bicyclic) bond motifs is 1. The number of nitrogens with two attached hydrogens (primary N) is 1. The molecule has 2 aliphatic heterocycles. The van der Waals surface area contributed by atoms with E-state index in [1.807, 2.05) is 25.1 Å². The Balaban J connectivity index is 1.72. The molecule has 0 aliphatic carbocycles. The van der Waals surface area contributed by atoms with Crippen LogP contribution in [-0.4, -0.2) is 41.2 Å². The Morgan fingerprint density at radius 2 is 2.16 bits per heavy atom. The monoisotopic (exact) mass is 344 g/mol. The van der Waals surface area contributed by atoms with Crippen molar-refractivity contribution in [2.75, 3.05) is 6.54 Å². The zero-order valence-corrected chi connectivity index (χ0v) is 14.4. The largest absolute Gasteiger partial charge is 0.328 e. The van der Waals surface area contributed by atoms with Crippen molar-refractivity contribution >= 4 is 17.7 Å². The van der Waals surface area contributed by atoms with Crippen molar-refractivity contribution in [1.82, 2.24) is 15.5 Å². The van der Waals surface area contributed by atoms with E-state index in [0.717, 1.165) is 24.1 Å². The lowest BCUT2D eigenvalue weighted by Gasteiger charge is -2.29. The van der Waals surface area contributed by atoms with Crippen LogP contribution in [0.15, 0.2) is 18.2 Å². The van der Waals surface area contributed by atoms with Crippen LogP contribution in [0.3, 0.4) is 0 Å². The van der Waals surface area contributed by atoms with Crippen molar-refractivity contribution < 1.29 is 14.4 Å². The van der Waals surface area contributed by atoms with E-state index in [2.05, 4.69) is 10.6 Å². The lowest BCUT2D eigenvalue weighted by Crippen LogP contribution is -2.52. The van der Waals surface area contributed by atoms with Crippen LogP contribution < -0.4 is 16.4 Å². The number of imide groups is 1. The molecule has 0 radical (unpaired) electrons. The van der Waals surface area contributed by atoms with Crippen LogP contribution in [0.25, 0.3) is 0 Å². The smallest absolute Gasteiger partial charge is 0.255 e. The number of hydrogen-bond acceptors (Lipinski definition) is 5. The Morgan fingerprint density at radius 3 is 2.88 bits per heavy atom. The van der Waals surface area contributed by atoms with Crippen LogP contribution in [-0.2, 0) is 22.7 Å². The number of rotatable bonds is 6. The van der Waals surface area contributed by atoms with Crippen molar-refractivity contribution in [2.45, 2.75) is 51.4 Å². The van der Waals surface area contributed by atoms with Gasteiger partial charge in [-0.3, -0.25) is 19.7 Å². The third kappa shape index (κ3) is 3.72. The standard InChI is InChI=1S/C18H24N4O3/c1-11(19)7-8-20-9-12-3-2-4-13-10-22(18(25)16(12)13)14-5-6-15(23)21-17(14)24/h2-4,11,14,20H,5-10,19H2,1H3,(H,21,23,24)/t11-,14?/m1/s1. The first-order chi connectivity index (χ1) is 12.0. The van der Waals surface area contributed by atoms with E-state index in [1.54, 1.807) is 4.90 Å². The van der Waals surface area contributed by atoms with Gasteiger partial charge in [-0.1, -0.05) is 18.2 Å². The Kier molecular flexibility index (Phi) is 5.15. The molecular formula is C18H24N4O3. The Bertz CT molecular complexity index is 702. The molecule has 1 unspecified atom stereocenters. The SMILES string of the molecule is C[C@@H](N)CCNCc1cccc2c1C(=O)N(C1CCC(=O)NC1=O)C2. The first-order valence-corrected chi connectivity index (χ1v) is 8.69. The highest BCUT2D eigenvalue weighted by Crippen LogP contribution is 2.29. The molecule has 4 N–H and O–H groups in total. The van der Waals surface area contributed by atoms with Crippen molar-refractivity contribution in [3.63, 3.8) is 0 Å². The minimum atomic E-state index is -0.573. The Morgan fingerprint density at radius 1 is 1.36 bits per heavy atom. The molecule has 134 valence electrons. The third-order valence-electron chi connectivity index (χ3n) is 4.73. The second-order valence-electron chi connectivity index (χ2n) is 6.79. The van der Waals surface area contributed by atoms with E-state index in [-0.39, 0.29) is 30.2 Å². The molecule has 0 saturated carbocycles. The normalized spacial score (nSPS) is 21.3. The van der Waals surface area contributed by atoms with Crippen molar-refractivity contribution in [1.29, 1.82) is 0 Å². The van der Waals surface area contributed by atoms with E-state index in [1.165, 1.54) is 0 Å². The van der Waals surface area contributed by atoms with E-state index in [4.69, 9.17) is 5.73 Å². The molecule has 1 saturated heterocycles. The minimum absolute atomic E-state index is 0.130. The summed E-state index contributed by atoms with van der Waals surface area (Å²) in [4.78, 5) is 37.9. The maximum Gasteiger partial charge on any atom is 0.255 e. The summed E-state index contributed by atoms with van der Waals surface area (Å²) >= 11 is 0. The molecule has 2 atom stereocenters. The van der Waals surface area contributed by atoms with Crippen molar-refractivity contribution in [3.05, 3.63) is 34.9 Å². The summed E-state index contributed by atoms with van der Waals surface area (Å²) in [6, 6.07) is 5.35. The Labute approximate surface area is 146 Å². The zero-order chi connectivity index (χ0) is 18.0. The zero-order valence-electron chi connectivity index (χ0n) is 14.4. The lowest BCUT2D eigenvalue weighted by molar-refractivity contribution is -0.136. The van der Waals surface area contributed by atoms with Crippen LogP contribution in [0, 0.1) is 0 Å². The summed E-state index contributed by atoms with van der Waals surface area (Å²) in [5, 5.41) is 5.64. The van der Waals surface area contributed by atoms with Gasteiger partial charge in [0.25, 0.3) is 5.91 Å². The molecule has 25 heavy (non-hydrogen) atoms. The average Bonchev–Trinajstić information content (AvgIpc) is 2.89. The third-order valence-corrected chi connectivity index (χ3v) is 4.73. The van der Waals surface area contributed by atoms with Gasteiger partial charge in [0, 0.05) is 31.1 Å². The van der Waals surface area contributed by atoms with Gasteiger partial charge in [0.1, 0.15) is 6.04 Å². The maximum atomic E-state index is 12.9. The summed E-state index contributed by atoms with van der Waals surface area (Å²) in [6.45, 7) is 3.74. The molecule has 7 heteroatoms. The van der Waals surface area contributed by atoms with Gasteiger partial charge in [0.15, 0.2) is 0 Å². The predicted octanol–water partition coefficient (Wildman–Crippen LogP) is 0.275. The van der Waals surface area contributed by atoms with Crippen molar-refractivity contribution in [3.8, 4) is 0 Å². The van der Waals surface area contributed by atoms with E-state index < -0.39 is 6.04 Å². The summed E-state index contributed by atoms with van der Waals surface area (Å²) in [5.74, 6) is -0.785. The first-order valence-electron chi connectivity index (χ1n) is 8.69. The summed E-state index contributed by atoms with van der Waals surface area (Å²) < 4.78 is 0. The second kappa shape index (κ2) is 7.33. The minimum Gasteiger partial charge on any atom is -0.328 e. The molecule has 7 nitrogen and oxygen atoms in total. The van der Waals surface area contributed by atoms with Gasteiger partial charge >= 0.3 is 0 Å². The van der Waals surface area contributed by atoms with E-state index >= 15 is 0 Å². The number of hydrogen-bond donors (Lipinski definition) is 3. The van der Waals surface area contributed by atoms with Gasteiger partial charge in [-0.25, -0.2) is 0 Å². The maximum absolute atomic E-state index is 12.9. The van der Waals surface area contributed by atoms with Gasteiger partial charge < -0.3 is 16.0 Å². The van der Waals surface area contributed by atoms with E-state index in [0.29, 0.717) is 25.1 Å². The molecule has 2 aliphatic rings. The molecule has 1 aromatic carbocycles. The van der Waals surface area contributed by atoms with Gasteiger partial charge in [0.2, 0.25) is 11.8 Å². The summed E-state index contributed by atoms with van der Waals surface area (Å²) in [6.07, 6.45) is 1.51. The molecule has 0 aromatic heterocycles. The number of piperidine rings is 1. The topological polar surface area (TPSA) is 105 Å². The highest BCUT2D eigenvalue weighted by Gasteiger charge is 2.39. The fourth-order valence-corrected chi connectivity index (χ4v) is 3.39. The highest BCUT2D eigenvalue weighted by atomic mass is 16.2. The number of amides is 3. The molecule has 1 fully saturated rings. The molecule has 1 aromatic rings. The lowest BCUT2D eigenvalue weighted by atomic mass is 10.0. The molecule has 2 heterocycles. The number of carbonyl (C=O) groups is 3. The second-order valence-corrected chi connectivity index (χ2v) is 6.79. The van der Waals surface area contributed by atoms with Gasteiger partial charge in [-0.05, 0) is 37.4 Å². The van der Waals surface area contributed by atoms with Crippen molar-refractivity contribution in [2.24, 2.45) is 5.73 Å². The van der Waals surface area contributed by atoms with Crippen LogP contribution in [0.4, 0.5) is 0 Å². The average molecular weight is 344 g/mol. The number of nitrogens with one attached hydrogen (secondary N) is 2. The van der Waals surface area contributed by atoms with Crippen LogP contribution in [0.1, 0.15) is 47.7 Å². The fourth-order valence-electron chi connectivity index (χ4n) is 3.39. The number of benzene rings is 1. The molecule has 0 bridgehead atoms. The molecule has 3 rings (SSSR count). The quantitative estimate of drug-likeness (QED) is 0.508. The van der Waals surface area contributed by atoms with E-state index in [9.17, 15) is 14.4 Å². The van der Waals surface area contributed by atoms with Gasteiger partial charge in [-0.15, -0.1) is 0 Å². The first kappa shape index (κ1) is 17.6. The number of nitrogens with zero attached hydrogens (tertiary/aromatic N) is 1.